The van der Waals surface area contributed by atoms with Gasteiger partial charge in [0.25, 0.3) is 11.5 Å². The molecule has 1 aromatic carbocycles. The summed E-state index contributed by atoms with van der Waals surface area (Å²) in [6, 6.07) is 11.7. The molecule has 0 radical (unpaired) electrons. The third-order valence-electron chi connectivity index (χ3n) is 5.58. The van der Waals surface area contributed by atoms with Crippen molar-refractivity contribution >= 4 is 5.91 Å². The lowest BCUT2D eigenvalue weighted by Crippen LogP contribution is -2.56. The van der Waals surface area contributed by atoms with Crippen LogP contribution in [0.4, 0.5) is 0 Å². The second kappa shape index (κ2) is 6.80. The monoisotopic (exact) mass is 380 g/mol. The highest BCUT2D eigenvalue weighted by Gasteiger charge is 2.33. The number of aryl methyl sites for hydroxylation is 1. The van der Waals surface area contributed by atoms with Gasteiger partial charge in [0, 0.05) is 23.4 Å². The molecule has 1 saturated carbocycles. The Morgan fingerprint density at radius 1 is 1.07 bits per heavy atom. The van der Waals surface area contributed by atoms with Crippen LogP contribution in [0.3, 0.4) is 0 Å². The molecule has 0 atom stereocenters. The van der Waals surface area contributed by atoms with Crippen LogP contribution in [0.15, 0.2) is 41.2 Å². The summed E-state index contributed by atoms with van der Waals surface area (Å²) in [4.78, 5) is 26.7. The summed E-state index contributed by atoms with van der Waals surface area (Å²) < 4.78 is 7.79. The fraction of sp³-hybridized carbons (Fsp3) is 0.478. The predicted octanol–water partition coefficient (Wildman–Crippen LogP) is 3.69. The molecular formula is C23H28N2O3. The second-order valence-electron chi connectivity index (χ2n) is 9.05. The highest BCUT2D eigenvalue weighted by Crippen LogP contribution is 2.35. The summed E-state index contributed by atoms with van der Waals surface area (Å²) in [5, 5.41) is 0. The summed E-state index contributed by atoms with van der Waals surface area (Å²) in [5.74, 6) is 0.631. The number of carbonyl (C=O) groups is 1. The maximum absolute atomic E-state index is 12.6. The standard InChI is InChI=1S/C23H28N2O3/c1-15-11-19(12-21(26)25(15)18-9-10-18)28-20-13-24(14-20)22(27)16-5-7-17(8-6-16)23(2,3)4/h5-8,11-12,18,20H,9-10,13-14H2,1-4H3. The summed E-state index contributed by atoms with van der Waals surface area (Å²) in [6.45, 7) is 9.52. The zero-order valence-electron chi connectivity index (χ0n) is 17.1. The van der Waals surface area contributed by atoms with Crippen LogP contribution in [0.1, 0.15) is 61.3 Å². The van der Waals surface area contributed by atoms with Gasteiger partial charge in [-0.3, -0.25) is 9.59 Å². The largest absolute Gasteiger partial charge is 0.486 e. The number of hydrogen-bond acceptors (Lipinski definition) is 3. The molecule has 1 aliphatic carbocycles. The Morgan fingerprint density at radius 2 is 1.71 bits per heavy atom. The molecule has 1 aromatic heterocycles. The first-order chi connectivity index (χ1) is 13.2. The Labute approximate surface area is 165 Å². The predicted molar refractivity (Wildman–Crippen MR) is 109 cm³/mol. The number of benzene rings is 1. The van der Waals surface area contributed by atoms with Crippen molar-refractivity contribution in [1.29, 1.82) is 0 Å². The van der Waals surface area contributed by atoms with Crippen LogP contribution in [0, 0.1) is 6.92 Å². The molecular weight excluding hydrogens is 352 g/mol. The van der Waals surface area contributed by atoms with Crippen molar-refractivity contribution in [3.63, 3.8) is 0 Å². The number of nitrogens with zero attached hydrogens (tertiary/aromatic N) is 2. The third-order valence-corrected chi connectivity index (χ3v) is 5.58. The second-order valence-corrected chi connectivity index (χ2v) is 9.05. The molecule has 5 nitrogen and oxygen atoms in total. The van der Waals surface area contributed by atoms with Crippen LogP contribution < -0.4 is 10.3 Å². The van der Waals surface area contributed by atoms with Crippen molar-refractivity contribution in [3.8, 4) is 5.75 Å². The average Bonchev–Trinajstić information content (AvgIpc) is 3.41. The number of likely N-dealkylation sites (tertiary alicyclic amines) is 1. The van der Waals surface area contributed by atoms with Crippen LogP contribution in [-0.4, -0.2) is 34.6 Å². The summed E-state index contributed by atoms with van der Waals surface area (Å²) in [5.41, 5.74) is 2.93. The van der Waals surface area contributed by atoms with Gasteiger partial charge in [0.2, 0.25) is 0 Å². The Balaban J connectivity index is 1.36. The summed E-state index contributed by atoms with van der Waals surface area (Å²) in [7, 11) is 0. The van der Waals surface area contributed by atoms with E-state index in [2.05, 4.69) is 20.8 Å². The van der Waals surface area contributed by atoms with Gasteiger partial charge in [-0.15, -0.1) is 0 Å². The molecule has 0 bridgehead atoms. The minimum absolute atomic E-state index is 0.00342. The minimum atomic E-state index is -0.0617. The van der Waals surface area contributed by atoms with E-state index >= 15 is 0 Å². The fourth-order valence-corrected chi connectivity index (χ4v) is 3.72. The van der Waals surface area contributed by atoms with E-state index in [1.807, 2.05) is 41.8 Å². The van der Waals surface area contributed by atoms with E-state index in [9.17, 15) is 9.59 Å². The highest BCUT2D eigenvalue weighted by atomic mass is 16.5. The molecule has 0 unspecified atom stereocenters. The van der Waals surface area contributed by atoms with Crippen LogP contribution in [-0.2, 0) is 5.41 Å². The number of aromatic nitrogens is 1. The Bertz CT molecular complexity index is 943. The number of amides is 1. The zero-order valence-corrected chi connectivity index (χ0v) is 17.1. The van der Waals surface area contributed by atoms with Gasteiger partial charge in [-0.05, 0) is 48.9 Å². The Kier molecular flexibility index (Phi) is 4.56. The third kappa shape index (κ3) is 3.71. The normalized spacial score (nSPS) is 17.4. The van der Waals surface area contributed by atoms with Gasteiger partial charge < -0.3 is 14.2 Å². The lowest BCUT2D eigenvalue weighted by Gasteiger charge is -2.39. The molecule has 28 heavy (non-hydrogen) atoms. The molecule has 2 aromatic rings. The average molecular weight is 380 g/mol. The van der Waals surface area contributed by atoms with Gasteiger partial charge in [0.1, 0.15) is 11.9 Å². The summed E-state index contributed by atoms with van der Waals surface area (Å²) in [6.07, 6.45) is 2.10. The maximum atomic E-state index is 12.6. The van der Waals surface area contributed by atoms with E-state index in [-0.39, 0.29) is 23.0 Å². The topological polar surface area (TPSA) is 51.5 Å². The van der Waals surface area contributed by atoms with E-state index in [1.54, 1.807) is 11.0 Å². The molecule has 2 aliphatic rings. The van der Waals surface area contributed by atoms with Crippen LogP contribution in [0.2, 0.25) is 0 Å². The SMILES string of the molecule is Cc1cc(OC2CN(C(=O)c3ccc(C(C)(C)C)cc3)C2)cc(=O)n1C1CC1. The van der Waals surface area contributed by atoms with Gasteiger partial charge >= 0.3 is 0 Å². The van der Waals surface area contributed by atoms with Gasteiger partial charge in [-0.2, -0.15) is 0 Å². The zero-order chi connectivity index (χ0) is 20.1. The first-order valence-electron chi connectivity index (χ1n) is 10.0. The molecule has 1 aliphatic heterocycles. The fourth-order valence-electron chi connectivity index (χ4n) is 3.72. The molecule has 0 N–H and O–H groups in total. The quantitative estimate of drug-likeness (QED) is 0.813. The molecule has 4 rings (SSSR count). The van der Waals surface area contributed by atoms with Gasteiger partial charge in [-0.25, -0.2) is 0 Å². The highest BCUT2D eigenvalue weighted by molar-refractivity contribution is 5.94. The first-order valence-corrected chi connectivity index (χ1v) is 10.0. The first kappa shape index (κ1) is 18.8. The van der Waals surface area contributed by atoms with Crippen LogP contribution in [0.25, 0.3) is 0 Å². The number of pyridine rings is 1. The lowest BCUT2D eigenvalue weighted by molar-refractivity contribution is 0.0176. The van der Waals surface area contributed by atoms with Gasteiger partial charge in [-0.1, -0.05) is 32.9 Å². The van der Waals surface area contributed by atoms with E-state index in [4.69, 9.17) is 4.74 Å². The van der Waals surface area contributed by atoms with Crippen LogP contribution in [0.5, 0.6) is 5.75 Å². The molecule has 2 fully saturated rings. The smallest absolute Gasteiger partial charge is 0.254 e. The Hall–Kier alpha value is -2.56. The number of hydrogen-bond donors (Lipinski definition) is 0. The lowest BCUT2D eigenvalue weighted by atomic mass is 9.86. The van der Waals surface area contributed by atoms with Crippen molar-refractivity contribution in [3.05, 3.63) is 63.6 Å². The Morgan fingerprint density at radius 3 is 2.25 bits per heavy atom. The summed E-state index contributed by atoms with van der Waals surface area (Å²) >= 11 is 0. The maximum Gasteiger partial charge on any atom is 0.254 e. The van der Waals surface area contributed by atoms with Crippen molar-refractivity contribution in [2.45, 2.75) is 58.1 Å². The van der Waals surface area contributed by atoms with E-state index in [0.717, 1.165) is 18.5 Å². The van der Waals surface area contributed by atoms with Gasteiger partial charge in [0.05, 0.1) is 13.1 Å². The van der Waals surface area contributed by atoms with Crippen molar-refractivity contribution in [1.82, 2.24) is 9.47 Å². The minimum Gasteiger partial charge on any atom is -0.486 e. The van der Waals surface area contributed by atoms with Crippen LogP contribution >= 0.6 is 0 Å². The van der Waals surface area contributed by atoms with E-state index in [1.165, 1.54) is 5.56 Å². The van der Waals surface area contributed by atoms with E-state index < -0.39 is 0 Å². The van der Waals surface area contributed by atoms with Crippen molar-refractivity contribution < 1.29 is 9.53 Å². The number of ether oxygens (including phenoxy) is 1. The molecule has 5 heteroatoms. The molecule has 0 spiro atoms. The van der Waals surface area contributed by atoms with E-state index in [0.29, 0.717) is 30.4 Å². The van der Waals surface area contributed by atoms with Gasteiger partial charge in [0.15, 0.2) is 0 Å². The van der Waals surface area contributed by atoms with Crippen molar-refractivity contribution in [2.75, 3.05) is 13.1 Å². The molecule has 148 valence electrons. The molecule has 2 heterocycles. The van der Waals surface area contributed by atoms with Crippen molar-refractivity contribution in [2.24, 2.45) is 0 Å². The molecule has 1 amide bonds. The molecule has 1 saturated heterocycles. The number of carbonyl (C=O) groups excluding carboxylic acids is 1. The number of rotatable bonds is 4.